The Morgan fingerprint density at radius 3 is 2.74 bits per heavy atom. The normalized spacial score (nSPS) is 11.6. The summed E-state index contributed by atoms with van der Waals surface area (Å²) in [5, 5.41) is 4.81. The number of hydrogen-bond donors (Lipinski definition) is 1. The molecule has 0 spiro atoms. The van der Waals surface area contributed by atoms with Gasteiger partial charge in [0.1, 0.15) is 5.52 Å². The van der Waals surface area contributed by atoms with Gasteiger partial charge in [-0.2, -0.15) is 0 Å². The zero-order valence-electron chi connectivity index (χ0n) is 16.5. The van der Waals surface area contributed by atoms with Crippen molar-refractivity contribution in [3.05, 3.63) is 82.9 Å². The van der Waals surface area contributed by atoms with E-state index >= 15 is 0 Å². The zero-order chi connectivity index (χ0) is 21.6. The summed E-state index contributed by atoms with van der Waals surface area (Å²) in [6.45, 7) is 0.436. The van der Waals surface area contributed by atoms with Gasteiger partial charge in [-0.15, -0.1) is 17.8 Å². The molecule has 1 N–H and O–H groups in total. The van der Waals surface area contributed by atoms with E-state index in [0.717, 1.165) is 5.56 Å². The standard InChI is InChI=1S/C24H19N3O3S/c1-2-22(28)27(18-10-11-20-19(15-18)26-16-30-20)23(21-9-6-14-31-21)24(29)25-13-12-17-7-4-3-5-8-17/h1,3-11,14-16,23H,12-13H2,(H,25,29). The fourth-order valence-electron chi connectivity index (χ4n) is 3.34. The van der Waals surface area contributed by atoms with Crippen LogP contribution < -0.4 is 10.2 Å². The first kappa shape index (κ1) is 20.4. The smallest absolute Gasteiger partial charge is 0.303 e. The maximum Gasteiger partial charge on any atom is 0.303 e. The lowest BCUT2D eigenvalue weighted by Gasteiger charge is -2.29. The van der Waals surface area contributed by atoms with Crippen molar-refractivity contribution >= 4 is 39.9 Å². The Labute approximate surface area is 183 Å². The largest absolute Gasteiger partial charge is 0.443 e. The maximum absolute atomic E-state index is 13.3. The number of anilines is 1. The van der Waals surface area contributed by atoms with Gasteiger partial charge in [0.15, 0.2) is 18.0 Å². The predicted molar refractivity (Wildman–Crippen MR) is 121 cm³/mol. The first-order valence-electron chi connectivity index (χ1n) is 9.65. The molecule has 1 atom stereocenters. The summed E-state index contributed by atoms with van der Waals surface area (Å²) >= 11 is 1.39. The Balaban J connectivity index is 1.64. The highest BCUT2D eigenvalue weighted by molar-refractivity contribution is 7.10. The third-order valence-electron chi connectivity index (χ3n) is 4.81. The number of nitrogens with zero attached hydrogens (tertiary/aromatic N) is 2. The second-order valence-electron chi connectivity index (χ2n) is 6.77. The average Bonchev–Trinajstić information content (AvgIpc) is 3.49. The molecule has 4 rings (SSSR count). The van der Waals surface area contributed by atoms with Gasteiger partial charge in [0, 0.05) is 17.1 Å². The lowest BCUT2D eigenvalue weighted by molar-refractivity contribution is -0.125. The van der Waals surface area contributed by atoms with Crippen LogP contribution in [-0.4, -0.2) is 23.3 Å². The zero-order valence-corrected chi connectivity index (χ0v) is 17.3. The molecule has 0 aliphatic rings. The quantitative estimate of drug-likeness (QED) is 0.451. The van der Waals surface area contributed by atoms with E-state index in [1.165, 1.54) is 22.6 Å². The molecule has 0 saturated heterocycles. The van der Waals surface area contributed by atoms with E-state index in [4.69, 9.17) is 10.8 Å². The summed E-state index contributed by atoms with van der Waals surface area (Å²) in [5.74, 6) is 1.24. The number of aromatic nitrogens is 1. The van der Waals surface area contributed by atoms with E-state index in [1.54, 1.807) is 18.2 Å². The molecule has 31 heavy (non-hydrogen) atoms. The summed E-state index contributed by atoms with van der Waals surface area (Å²) in [5.41, 5.74) is 2.74. The van der Waals surface area contributed by atoms with Crippen molar-refractivity contribution in [2.75, 3.05) is 11.4 Å². The van der Waals surface area contributed by atoms with Crippen LogP contribution in [0.4, 0.5) is 5.69 Å². The number of hydrogen-bond acceptors (Lipinski definition) is 5. The number of carbonyl (C=O) groups excluding carboxylic acids is 2. The Bertz CT molecular complexity index is 1230. The number of oxazole rings is 1. The molecule has 2 amide bonds. The summed E-state index contributed by atoms with van der Waals surface area (Å²) < 4.78 is 5.28. The minimum absolute atomic E-state index is 0.303. The molecule has 0 aliphatic heterocycles. The van der Waals surface area contributed by atoms with E-state index < -0.39 is 11.9 Å². The SMILES string of the molecule is C#CC(=O)N(c1ccc2ocnc2c1)C(C(=O)NCCc1ccccc1)c1cccs1. The maximum atomic E-state index is 13.3. The minimum Gasteiger partial charge on any atom is -0.443 e. The predicted octanol–water partition coefficient (Wildman–Crippen LogP) is 3.96. The molecule has 2 aromatic carbocycles. The van der Waals surface area contributed by atoms with Crippen LogP contribution in [-0.2, 0) is 16.0 Å². The van der Waals surface area contributed by atoms with Crippen molar-refractivity contribution in [3.8, 4) is 12.3 Å². The molecule has 4 aromatic rings. The first-order valence-corrected chi connectivity index (χ1v) is 10.5. The van der Waals surface area contributed by atoms with Crippen LogP contribution >= 0.6 is 11.3 Å². The molecule has 154 valence electrons. The van der Waals surface area contributed by atoms with Crippen molar-refractivity contribution in [3.63, 3.8) is 0 Å². The Morgan fingerprint density at radius 2 is 2.00 bits per heavy atom. The van der Waals surface area contributed by atoms with E-state index in [9.17, 15) is 9.59 Å². The van der Waals surface area contributed by atoms with Crippen molar-refractivity contribution in [1.29, 1.82) is 0 Å². The molecule has 0 aliphatic carbocycles. The lowest BCUT2D eigenvalue weighted by atomic mass is 10.1. The van der Waals surface area contributed by atoms with Crippen LogP contribution in [0.1, 0.15) is 16.5 Å². The van der Waals surface area contributed by atoms with Crippen molar-refractivity contribution in [1.82, 2.24) is 10.3 Å². The van der Waals surface area contributed by atoms with Crippen LogP contribution in [0.25, 0.3) is 11.1 Å². The van der Waals surface area contributed by atoms with Crippen LogP contribution in [0.3, 0.4) is 0 Å². The molecule has 0 saturated carbocycles. The first-order chi connectivity index (χ1) is 15.2. The average molecular weight is 430 g/mol. The van der Waals surface area contributed by atoms with E-state index in [0.29, 0.717) is 34.6 Å². The molecular formula is C24H19N3O3S. The number of amides is 2. The molecule has 2 heterocycles. The topological polar surface area (TPSA) is 75.4 Å². The number of terminal acetylenes is 1. The fourth-order valence-corrected chi connectivity index (χ4v) is 4.15. The summed E-state index contributed by atoms with van der Waals surface area (Å²) in [6, 6.07) is 17.7. The van der Waals surface area contributed by atoms with Gasteiger partial charge < -0.3 is 9.73 Å². The molecule has 0 bridgehead atoms. The summed E-state index contributed by atoms with van der Waals surface area (Å²) in [6.07, 6.45) is 7.47. The van der Waals surface area contributed by atoms with E-state index in [1.807, 2.05) is 47.8 Å². The Morgan fingerprint density at radius 1 is 1.16 bits per heavy atom. The van der Waals surface area contributed by atoms with Gasteiger partial charge in [0.05, 0.1) is 0 Å². The highest BCUT2D eigenvalue weighted by Gasteiger charge is 2.33. The van der Waals surface area contributed by atoms with Crippen molar-refractivity contribution in [2.45, 2.75) is 12.5 Å². The lowest BCUT2D eigenvalue weighted by Crippen LogP contribution is -2.43. The van der Waals surface area contributed by atoms with Gasteiger partial charge in [-0.1, -0.05) is 36.4 Å². The van der Waals surface area contributed by atoms with Gasteiger partial charge in [-0.25, -0.2) is 4.98 Å². The second kappa shape index (κ2) is 9.28. The van der Waals surface area contributed by atoms with Crippen LogP contribution in [0.5, 0.6) is 0 Å². The van der Waals surface area contributed by atoms with Crippen LogP contribution in [0.15, 0.2) is 76.9 Å². The van der Waals surface area contributed by atoms with Gasteiger partial charge in [0.25, 0.3) is 0 Å². The number of fused-ring (bicyclic) bond motifs is 1. The van der Waals surface area contributed by atoms with Gasteiger partial charge in [-0.3, -0.25) is 14.5 Å². The molecular weight excluding hydrogens is 410 g/mol. The molecule has 2 aromatic heterocycles. The third-order valence-corrected chi connectivity index (χ3v) is 5.73. The van der Waals surface area contributed by atoms with Gasteiger partial charge in [-0.05, 0) is 47.6 Å². The molecule has 0 radical (unpaired) electrons. The van der Waals surface area contributed by atoms with Gasteiger partial charge >= 0.3 is 5.91 Å². The van der Waals surface area contributed by atoms with Crippen LogP contribution in [0.2, 0.25) is 0 Å². The fraction of sp³-hybridized carbons (Fsp3) is 0.125. The van der Waals surface area contributed by atoms with Gasteiger partial charge in [0.2, 0.25) is 5.91 Å². The molecule has 1 unspecified atom stereocenters. The van der Waals surface area contributed by atoms with E-state index in [2.05, 4.69) is 16.2 Å². The summed E-state index contributed by atoms with van der Waals surface area (Å²) in [4.78, 5) is 32.3. The Hall–Kier alpha value is -3.89. The molecule has 0 fully saturated rings. The summed E-state index contributed by atoms with van der Waals surface area (Å²) in [7, 11) is 0. The number of carbonyl (C=O) groups is 2. The highest BCUT2D eigenvalue weighted by atomic mass is 32.1. The number of rotatable bonds is 7. The highest BCUT2D eigenvalue weighted by Crippen LogP contribution is 2.32. The number of benzene rings is 2. The van der Waals surface area contributed by atoms with Crippen molar-refractivity contribution in [2.24, 2.45) is 0 Å². The minimum atomic E-state index is -0.899. The second-order valence-corrected chi connectivity index (χ2v) is 7.75. The third kappa shape index (κ3) is 4.49. The molecule has 7 heteroatoms. The van der Waals surface area contributed by atoms with Crippen LogP contribution in [0, 0.1) is 12.3 Å². The van der Waals surface area contributed by atoms with E-state index in [-0.39, 0.29) is 5.91 Å². The Kier molecular flexibility index (Phi) is 6.11. The molecule has 6 nitrogen and oxygen atoms in total. The number of nitrogens with one attached hydrogen (secondary N) is 1. The number of thiophene rings is 1. The van der Waals surface area contributed by atoms with Crippen molar-refractivity contribution < 1.29 is 14.0 Å². The monoisotopic (exact) mass is 429 g/mol.